The van der Waals surface area contributed by atoms with E-state index in [-0.39, 0.29) is 17.4 Å². The average Bonchev–Trinajstić information content (AvgIpc) is 2.38. The smallest absolute Gasteiger partial charge is 0.256 e. The Labute approximate surface area is 112 Å². The number of sulfonamides is 1. The molecule has 1 fully saturated rings. The summed E-state index contributed by atoms with van der Waals surface area (Å²) in [6, 6.07) is 6.94. The second kappa shape index (κ2) is 4.52. The summed E-state index contributed by atoms with van der Waals surface area (Å²) in [6.07, 6.45) is 1.93. The molecule has 1 aromatic rings. The molecule has 0 aliphatic carbocycles. The van der Waals surface area contributed by atoms with Gasteiger partial charge in [0.05, 0.1) is 5.75 Å². The molecule has 1 N–H and O–H groups in total. The van der Waals surface area contributed by atoms with Gasteiger partial charge in [0, 0.05) is 19.0 Å². The number of phenols is 1. The number of hydrogen-bond donors (Lipinski definition) is 1. The van der Waals surface area contributed by atoms with Crippen LogP contribution in [0.2, 0.25) is 0 Å². The fourth-order valence-corrected chi connectivity index (χ4v) is 3.80. The largest absolute Gasteiger partial charge is 0.508 e. The lowest BCUT2D eigenvalue weighted by molar-refractivity contribution is 0.366. The molecule has 0 aromatic heterocycles. The summed E-state index contributed by atoms with van der Waals surface area (Å²) in [5.41, 5.74) is 1.01. The molecule has 0 saturated carbocycles. The first-order chi connectivity index (χ1) is 9.05. The molecular weight excluding hydrogens is 264 g/mol. The molecule has 102 valence electrons. The van der Waals surface area contributed by atoms with Gasteiger partial charge in [-0.25, -0.2) is 8.42 Å². The van der Waals surface area contributed by atoms with Crippen LogP contribution in [0.1, 0.15) is 24.3 Å². The second-order valence-electron chi connectivity index (χ2n) is 5.01. The molecule has 1 aromatic carbocycles. The third-order valence-corrected chi connectivity index (χ3v) is 4.87. The first kappa shape index (κ1) is 12.5. The molecule has 5 nitrogen and oxygen atoms in total. The number of hydrogen-bond acceptors (Lipinski definition) is 4. The number of piperidine rings is 1. The lowest BCUT2D eigenvalue weighted by Crippen LogP contribution is -2.46. The zero-order chi connectivity index (χ0) is 13.5. The van der Waals surface area contributed by atoms with Crippen LogP contribution in [0.4, 0.5) is 0 Å². The number of nitrogens with zero attached hydrogens (tertiary/aromatic N) is 2. The van der Waals surface area contributed by atoms with Crippen LogP contribution >= 0.6 is 0 Å². The van der Waals surface area contributed by atoms with Gasteiger partial charge in [-0.2, -0.15) is 0 Å². The van der Waals surface area contributed by atoms with Gasteiger partial charge in [0.15, 0.2) is 0 Å². The van der Waals surface area contributed by atoms with Crippen LogP contribution in [0.15, 0.2) is 28.7 Å². The van der Waals surface area contributed by atoms with Gasteiger partial charge in [0.2, 0.25) is 0 Å². The zero-order valence-corrected chi connectivity index (χ0v) is 11.3. The van der Waals surface area contributed by atoms with Crippen molar-refractivity contribution in [2.75, 3.05) is 18.8 Å². The summed E-state index contributed by atoms with van der Waals surface area (Å²) >= 11 is 0. The first-order valence-corrected chi connectivity index (χ1v) is 8.02. The maximum atomic E-state index is 11.7. The Morgan fingerprint density at radius 2 is 1.95 bits per heavy atom. The number of fused-ring (bicyclic) bond motifs is 1. The van der Waals surface area contributed by atoms with E-state index in [4.69, 9.17) is 0 Å². The van der Waals surface area contributed by atoms with Crippen molar-refractivity contribution in [2.24, 2.45) is 4.40 Å². The molecule has 3 rings (SSSR count). The topological polar surface area (TPSA) is 70.0 Å². The van der Waals surface area contributed by atoms with Gasteiger partial charge in [-0.1, -0.05) is 12.1 Å². The van der Waals surface area contributed by atoms with Gasteiger partial charge in [0.1, 0.15) is 11.6 Å². The number of rotatable bonds is 1. The second-order valence-corrected chi connectivity index (χ2v) is 6.76. The number of benzene rings is 1. The van der Waals surface area contributed by atoms with Crippen LogP contribution in [0.3, 0.4) is 0 Å². The average molecular weight is 280 g/mol. The predicted octanol–water partition coefficient (Wildman–Crippen LogP) is 1.31. The highest BCUT2D eigenvalue weighted by Gasteiger charge is 2.33. The molecule has 6 heteroatoms. The Hall–Kier alpha value is -1.56. The van der Waals surface area contributed by atoms with Crippen LogP contribution in [0, 0.1) is 0 Å². The van der Waals surface area contributed by atoms with Crippen LogP contribution in [-0.2, 0) is 10.0 Å². The van der Waals surface area contributed by atoms with Crippen molar-refractivity contribution < 1.29 is 13.5 Å². The Morgan fingerprint density at radius 3 is 2.68 bits per heavy atom. The normalized spacial score (nSPS) is 25.6. The molecule has 0 bridgehead atoms. The van der Waals surface area contributed by atoms with Gasteiger partial charge < -0.3 is 10.0 Å². The Morgan fingerprint density at radius 1 is 1.21 bits per heavy atom. The van der Waals surface area contributed by atoms with Crippen LogP contribution in [-0.4, -0.2) is 43.1 Å². The van der Waals surface area contributed by atoms with Gasteiger partial charge >= 0.3 is 0 Å². The standard InChI is InChI=1S/C13H16N2O3S/c16-11-5-3-10(4-6-11)12-2-1-7-15-8-9-19(17,18)14-13(12)15/h3-6,12,16H,1-2,7-9H2/t12-/m1/s1. The molecule has 0 spiro atoms. The van der Waals surface area contributed by atoms with Gasteiger partial charge in [-0.15, -0.1) is 4.40 Å². The van der Waals surface area contributed by atoms with Crippen molar-refractivity contribution >= 4 is 15.9 Å². The Bertz CT molecular complexity index is 607. The number of amidine groups is 1. The lowest BCUT2D eigenvalue weighted by atomic mass is 9.89. The molecule has 19 heavy (non-hydrogen) atoms. The van der Waals surface area contributed by atoms with Crippen molar-refractivity contribution in [3.05, 3.63) is 29.8 Å². The molecular formula is C13H16N2O3S. The monoisotopic (exact) mass is 280 g/mol. The van der Waals surface area contributed by atoms with Crippen LogP contribution in [0.5, 0.6) is 5.75 Å². The van der Waals surface area contributed by atoms with Crippen molar-refractivity contribution in [1.29, 1.82) is 0 Å². The van der Waals surface area contributed by atoms with Crippen molar-refractivity contribution in [2.45, 2.75) is 18.8 Å². The maximum Gasteiger partial charge on any atom is 0.256 e. The van der Waals surface area contributed by atoms with Crippen molar-refractivity contribution in [3.63, 3.8) is 0 Å². The van der Waals surface area contributed by atoms with E-state index in [2.05, 4.69) is 9.30 Å². The number of aromatic hydroxyl groups is 1. The van der Waals surface area contributed by atoms with E-state index >= 15 is 0 Å². The van der Waals surface area contributed by atoms with E-state index in [1.807, 2.05) is 12.1 Å². The van der Waals surface area contributed by atoms with Crippen molar-refractivity contribution in [3.8, 4) is 5.75 Å². The molecule has 1 saturated heterocycles. The van der Waals surface area contributed by atoms with E-state index in [1.165, 1.54) is 0 Å². The third kappa shape index (κ3) is 2.45. The SMILES string of the molecule is O=S1(=O)CCN2CCC[C@H](c3ccc(O)cc3)C2=N1. The van der Waals surface area contributed by atoms with Crippen LogP contribution in [0.25, 0.3) is 0 Å². The minimum absolute atomic E-state index is 0.0180. The van der Waals surface area contributed by atoms with Gasteiger partial charge in [0.25, 0.3) is 10.0 Å². The summed E-state index contributed by atoms with van der Waals surface area (Å²) in [6.45, 7) is 1.42. The first-order valence-electron chi connectivity index (χ1n) is 6.41. The highest BCUT2D eigenvalue weighted by molar-refractivity contribution is 7.90. The Balaban J connectivity index is 2.00. The predicted molar refractivity (Wildman–Crippen MR) is 72.9 cm³/mol. The highest BCUT2D eigenvalue weighted by atomic mass is 32.2. The van der Waals surface area contributed by atoms with E-state index in [1.54, 1.807) is 12.1 Å². The van der Waals surface area contributed by atoms with E-state index < -0.39 is 10.0 Å². The maximum absolute atomic E-state index is 11.7. The minimum atomic E-state index is -3.31. The fraction of sp³-hybridized carbons (Fsp3) is 0.462. The minimum Gasteiger partial charge on any atom is -0.508 e. The highest BCUT2D eigenvalue weighted by Crippen LogP contribution is 2.32. The third-order valence-electron chi connectivity index (χ3n) is 3.70. The quantitative estimate of drug-likeness (QED) is 0.842. The summed E-state index contributed by atoms with van der Waals surface area (Å²) in [5.74, 6) is 1.01. The van der Waals surface area contributed by atoms with Crippen LogP contribution < -0.4 is 0 Å². The van der Waals surface area contributed by atoms with E-state index in [0.29, 0.717) is 12.4 Å². The van der Waals surface area contributed by atoms with Gasteiger partial charge in [-0.3, -0.25) is 0 Å². The molecule has 0 radical (unpaired) electrons. The molecule has 0 amide bonds. The lowest BCUT2D eigenvalue weighted by Gasteiger charge is -2.37. The summed E-state index contributed by atoms with van der Waals surface area (Å²) in [5, 5.41) is 9.33. The molecule has 2 heterocycles. The summed E-state index contributed by atoms with van der Waals surface area (Å²) in [4.78, 5) is 2.07. The molecule has 2 aliphatic heterocycles. The van der Waals surface area contributed by atoms with Gasteiger partial charge in [-0.05, 0) is 30.5 Å². The van der Waals surface area contributed by atoms with E-state index in [9.17, 15) is 13.5 Å². The summed E-state index contributed by atoms with van der Waals surface area (Å²) in [7, 11) is -3.31. The molecule has 0 unspecified atom stereocenters. The number of phenolic OH excluding ortho intramolecular Hbond substituents is 1. The summed E-state index contributed by atoms with van der Waals surface area (Å²) < 4.78 is 27.3. The van der Waals surface area contributed by atoms with E-state index in [0.717, 1.165) is 24.9 Å². The van der Waals surface area contributed by atoms with Crippen molar-refractivity contribution in [1.82, 2.24) is 4.90 Å². The zero-order valence-electron chi connectivity index (χ0n) is 10.5. The Kier molecular flexibility index (Phi) is 2.97. The molecule has 1 atom stereocenters. The fourth-order valence-electron chi connectivity index (χ4n) is 2.73. The molecule has 2 aliphatic rings.